The van der Waals surface area contributed by atoms with Gasteiger partial charge in [0.25, 0.3) is 0 Å². The van der Waals surface area contributed by atoms with Gasteiger partial charge >= 0.3 is 0 Å². The van der Waals surface area contributed by atoms with E-state index in [2.05, 4.69) is 48.5 Å². The molecular formula is C16H17NS2. The summed E-state index contributed by atoms with van der Waals surface area (Å²) in [6.07, 6.45) is 1.20. The summed E-state index contributed by atoms with van der Waals surface area (Å²) < 4.78 is 0. The van der Waals surface area contributed by atoms with Gasteiger partial charge in [-0.05, 0) is 35.7 Å². The second-order valence-electron chi connectivity index (χ2n) is 4.71. The highest BCUT2D eigenvalue weighted by molar-refractivity contribution is 8.03. The molecule has 1 heterocycles. The molecule has 0 radical (unpaired) electrons. The number of thioether (sulfide) groups is 2. The highest BCUT2D eigenvalue weighted by atomic mass is 32.2. The van der Waals surface area contributed by atoms with Crippen molar-refractivity contribution < 1.29 is 0 Å². The highest BCUT2D eigenvalue weighted by Crippen LogP contribution is 2.39. The summed E-state index contributed by atoms with van der Waals surface area (Å²) in [6, 6.07) is 17.4. The first kappa shape index (κ1) is 13.1. The van der Waals surface area contributed by atoms with E-state index in [0.29, 0.717) is 11.8 Å². The van der Waals surface area contributed by atoms with Crippen LogP contribution in [0.4, 0.5) is 0 Å². The molecule has 0 spiro atoms. The first-order chi connectivity index (χ1) is 9.35. The highest BCUT2D eigenvalue weighted by Gasteiger charge is 2.21. The molecule has 19 heavy (non-hydrogen) atoms. The number of nitrogens with two attached hydrogens (primary N) is 1. The van der Waals surface area contributed by atoms with Crippen molar-refractivity contribution in [3.05, 3.63) is 59.7 Å². The maximum Gasteiger partial charge on any atom is 0.0229 e. The largest absolute Gasteiger partial charge is 0.326 e. The number of hydrogen-bond donors (Lipinski definition) is 1. The van der Waals surface area contributed by atoms with Crippen molar-refractivity contribution in [2.75, 3.05) is 5.75 Å². The van der Waals surface area contributed by atoms with E-state index in [1.54, 1.807) is 0 Å². The Morgan fingerprint density at radius 3 is 2.63 bits per heavy atom. The van der Waals surface area contributed by atoms with Crippen molar-refractivity contribution in [1.82, 2.24) is 0 Å². The molecular weight excluding hydrogens is 270 g/mol. The molecule has 2 N–H and O–H groups in total. The van der Waals surface area contributed by atoms with Gasteiger partial charge in [-0.2, -0.15) is 0 Å². The van der Waals surface area contributed by atoms with Gasteiger partial charge in [-0.15, -0.1) is 23.5 Å². The van der Waals surface area contributed by atoms with Crippen LogP contribution in [-0.2, 0) is 13.0 Å². The van der Waals surface area contributed by atoms with E-state index in [1.165, 1.54) is 33.1 Å². The van der Waals surface area contributed by atoms with Gasteiger partial charge in [-0.25, -0.2) is 0 Å². The molecule has 0 aromatic heterocycles. The van der Waals surface area contributed by atoms with Crippen LogP contribution in [0.5, 0.6) is 0 Å². The lowest BCUT2D eigenvalue weighted by molar-refractivity contribution is 0.970. The molecule has 0 saturated carbocycles. The van der Waals surface area contributed by atoms with Crippen LogP contribution in [0.1, 0.15) is 11.1 Å². The van der Waals surface area contributed by atoms with Gasteiger partial charge in [0, 0.05) is 27.3 Å². The summed E-state index contributed by atoms with van der Waals surface area (Å²) in [5, 5.41) is 0.705. The quantitative estimate of drug-likeness (QED) is 0.862. The Labute approximate surface area is 123 Å². The van der Waals surface area contributed by atoms with Crippen LogP contribution in [0, 0.1) is 0 Å². The van der Waals surface area contributed by atoms with Crippen LogP contribution in [0.2, 0.25) is 0 Å². The van der Waals surface area contributed by atoms with E-state index < -0.39 is 0 Å². The summed E-state index contributed by atoms with van der Waals surface area (Å²) in [4.78, 5) is 2.81. The first-order valence-electron chi connectivity index (χ1n) is 6.51. The number of benzene rings is 2. The zero-order chi connectivity index (χ0) is 13.1. The predicted octanol–water partition coefficient (Wildman–Crippen LogP) is 3.95. The standard InChI is InChI=1S/C16H17NS2/c17-10-12-5-7-14(8-6-12)18-11-15-9-13-3-1-2-4-16(13)19-15/h1-8,15H,9-11,17H2. The minimum absolute atomic E-state index is 0.624. The van der Waals surface area contributed by atoms with E-state index in [0.717, 1.165) is 0 Å². The topological polar surface area (TPSA) is 26.0 Å². The van der Waals surface area contributed by atoms with Crippen molar-refractivity contribution in [2.24, 2.45) is 5.73 Å². The fourth-order valence-electron chi connectivity index (χ4n) is 2.26. The minimum atomic E-state index is 0.624. The zero-order valence-electron chi connectivity index (χ0n) is 10.7. The molecule has 98 valence electrons. The molecule has 0 fully saturated rings. The van der Waals surface area contributed by atoms with Gasteiger partial charge < -0.3 is 5.73 Å². The Morgan fingerprint density at radius 2 is 1.89 bits per heavy atom. The van der Waals surface area contributed by atoms with Crippen LogP contribution in [-0.4, -0.2) is 11.0 Å². The van der Waals surface area contributed by atoms with Crippen LogP contribution in [0.25, 0.3) is 0 Å². The van der Waals surface area contributed by atoms with Gasteiger partial charge in [-0.1, -0.05) is 30.3 Å². The van der Waals surface area contributed by atoms with Crippen LogP contribution < -0.4 is 5.73 Å². The fraction of sp³-hybridized carbons (Fsp3) is 0.250. The van der Waals surface area contributed by atoms with Crippen LogP contribution in [0.15, 0.2) is 58.3 Å². The van der Waals surface area contributed by atoms with Crippen molar-refractivity contribution in [1.29, 1.82) is 0 Å². The maximum absolute atomic E-state index is 5.61. The van der Waals surface area contributed by atoms with Crippen molar-refractivity contribution in [3.63, 3.8) is 0 Å². The summed E-state index contributed by atoms with van der Waals surface area (Å²) in [7, 11) is 0. The van der Waals surface area contributed by atoms with E-state index in [1.807, 2.05) is 23.5 Å². The first-order valence-corrected chi connectivity index (χ1v) is 8.38. The SMILES string of the molecule is NCc1ccc(SCC2Cc3ccccc3S2)cc1. The second-order valence-corrected chi connectivity index (χ2v) is 7.15. The van der Waals surface area contributed by atoms with Gasteiger partial charge in [0.2, 0.25) is 0 Å². The molecule has 2 aromatic carbocycles. The molecule has 1 unspecified atom stereocenters. The molecule has 1 aliphatic rings. The summed E-state index contributed by atoms with van der Waals surface area (Å²) in [5.41, 5.74) is 8.32. The average molecular weight is 287 g/mol. The molecule has 3 rings (SSSR count). The molecule has 1 nitrogen and oxygen atoms in total. The zero-order valence-corrected chi connectivity index (χ0v) is 12.3. The third-order valence-corrected chi connectivity index (χ3v) is 6.01. The average Bonchev–Trinajstić information content (AvgIpc) is 2.88. The summed E-state index contributed by atoms with van der Waals surface area (Å²) in [5.74, 6) is 1.17. The predicted molar refractivity (Wildman–Crippen MR) is 84.8 cm³/mol. The van der Waals surface area contributed by atoms with Crippen LogP contribution >= 0.6 is 23.5 Å². The second kappa shape index (κ2) is 6.04. The molecule has 0 aliphatic carbocycles. The Balaban J connectivity index is 1.56. The third kappa shape index (κ3) is 3.16. The Kier molecular flexibility index (Phi) is 4.16. The van der Waals surface area contributed by atoms with Crippen molar-refractivity contribution in [3.8, 4) is 0 Å². The fourth-order valence-corrected chi connectivity index (χ4v) is 4.64. The Hall–Kier alpha value is -0.900. The molecule has 1 atom stereocenters. The number of fused-ring (bicyclic) bond motifs is 1. The molecule has 3 heteroatoms. The summed E-state index contributed by atoms with van der Waals surface area (Å²) >= 11 is 3.97. The lowest BCUT2D eigenvalue weighted by Gasteiger charge is -2.08. The van der Waals surface area contributed by atoms with Crippen molar-refractivity contribution >= 4 is 23.5 Å². The number of hydrogen-bond acceptors (Lipinski definition) is 3. The lowest BCUT2D eigenvalue weighted by atomic mass is 10.1. The van der Waals surface area contributed by atoms with Crippen LogP contribution in [0.3, 0.4) is 0 Å². The van der Waals surface area contributed by atoms with Gasteiger partial charge in [-0.3, -0.25) is 0 Å². The normalized spacial score (nSPS) is 17.4. The number of rotatable bonds is 4. The molecule has 1 aliphatic heterocycles. The molecule has 0 amide bonds. The molecule has 0 bridgehead atoms. The lowest BCUT2D eigenvalue weighted by Crippen LogP contribution is -2.03. The smallest absolute Gasteiger partial charge is 0.0229 e. The van der Waals surface area contributed by atoms with E-state index in [-0.39, 0.29) is 0 Å². The van der Waals surface area contributed by atoms with Gasteiger partial charge in [0.05, 0.1) is 0 Å². The maximum atomic E-state index is 5.61. The summed E-state index contributed by atoms with van der Waals surface area (Å²) in [6.45, 7) is 0.624. The van der Waals surface area contributed by atoms with Gasteiger partial charge in [0.1, 0.15) is 0 Å². The van der Waals surface area contributed by atoms with Crippen molar-refractivity contribution in [2.45, 2.75) is 28.0 Å². The van der Waals surface area contributed by atoms with E-state index in [4.69, 9.17) is 5.73 Å². The Bertz CT molecular complexity index is 526. The molecule has 0 saturated heterocycles. The molecule has 2 aromatic rings. The monoisotopic (exact) mass is 287 g/mol. The minimum Gasteiger partial charge on any atom is -0.326 e. The van der Waals surface area contributed by atoms with E-state index in [9.17, 15) is 0 Å². The van der Waals surface area contributed by atoms with E-state index >= 15 is 0 Å². The Morgan fingerprint density at radius 1 is 1.11 bits per heavy atom. The van der Waals surface area contributed by atoms with Gasteiger partial charge in [0.15, 0.2) is 0 Å². The third-order valence-electron chi connectivity index (χ3n) is 3.31.